The van der Waals surface area contributed by atoms with Crippen LogP contribution in [0, 0.1) is 0 Å². The highest BCUT2D eigenvalue weighted by atomic mass is 32.1. The Morgan fingerprint density at radius 3 is 3.13 bits per heavy atom. The molecule has 4 rings (SSSR count). The molecule has 0 unspecified atom stereocenters. The predicted octanol–water partition coefficient (Wildman–Crippen LogP) is 1.56. The summed E-state index contributed by atoms with van der Waals surface area (Å²) < 4.78 is 6.84. The highest BCUT2D eigenvalue weighted by molar-refractivity contribution is 7.08. The molecule has 9 heteroatoms. The van der Waals surface area contributed by atoms with Gasteiger partial charge in [-0.1, -0.05) is 10.4 Å². The molecule has 0 aliphatic carbocycles. The number of hydrogen-bond donors (Lipinski definition) is 0. The molecule has 1 aliphatic heterocycles. The van der Waals surface area contributed by atoms with Gasteiger partial charge in [0.2, 0.25) is 0 Å². The third kappa shape index (κ3) is 2.63. The number of thiophene rings is 1. The summed E-state index contributed by atoms with van der Waals surface area (Å²) in [4.78, 5) is 18.6. The lowest BCUT2D eigenvalue weighted by Gasteiger charge is -2.13. The second-order valence-electron chi connectivity index (χ2n) is 5.48. The number of carbonyl (C=O) groups excluding carboxylic acids is 1. The average Bonchev–Trinajstić information content (AvgIpc) is 3.30. The standard InChI is InChI=1S/C14H14N6O2S/c1-19-7-11(16-18-19)14(21)20-4-2-9(6-20)12-15-13(22-17-12)10-3-5-23-8-10/h3,5,7-9H,2,4,6H2,1H3/t9-/m0/s1. The summed E-state index contributed by atoms with van der Waals surface area (Å²) in [6.45, 7) is 1.22. The summed E-state index contributed by atoms with van der Waals surface area (Å²) in [6, 6.07) is 1.94. The van der Waals surface area contributed by atoms with Crippen molar-refractivity contribution in [3.63, 3.8) is 0 Å². The first-order valence-electron chi connectivity index (χ1n) is 7.22. The second-order valence-corrected chi connectivity index (χ2v) is 6.26. The van der Waals surface area contributed by atoms with Crippen LogP contribution < -0.4 is 0 Å². The van der Waals surface area contributed by atoms with Gasteiger partial charge in [-0.15, -0.1) is 5.10 Å². The number of carbonyl (C=O) groups is 1. The Bertz CT molecular complexity index is 824. The van der Waals surface area contributed by atoms with E-state index in [1.54, 1.807) is 29.5 Å². The van der Waals surface area contributed by atoms with E-state index in [0.29, 0.717) is 30.5 Å². The van der Waals surface area contributed by atoms with Crippen LogP contribution in [0.25, 0.3) is 11.5 Å². The molecule has 23 heavy (non-hydrogen) atoms. The minimum Gasteiger partial charge on any atom is -0.336 e. The fourth-order valence-corrected chi connectivity index (χ4v) is 3.30. The lowest BCUT2D eigenvalue weighted by molar-refractivity contribution is 0.0784. The zero-order valence-electron chi connectivity index (χ0n) is 12.4. The van der Waals surface area contributed by atoms with Crippen LogP contribution in [0.15, 0.2) is 27.5 Å². The van der Waals surface area contributed by atoms with E-state index in [9.17, 15) is 4.79 Å². The largest absolute Gasteiger partial charge is 0.336 e. The molecule has 0 spiro atoms. The maximum atomic E-state index is 12.4. The fraction of sp³-hybridized carbons (Fsp3) is 0.357. The molecular formula is C14H14N6O2S. The van der Waals surface area contributed by atoms with E-state index in [1.807, 2.05) is 16.8 Å². The van der Waals surface area contributed by atoms with Crippen molar-refractivity contribution in [1.82, 2.24) is 30.0 Å². The van der Waals surface area contributed by atoms with Gasteiger partial charge in [-0.3, -0.25) is 9.48 Å². The molecule has 118 valence electrons. The van der Waals surface area contributed by atoms with Crippen molar-refractivity contribution >= 4 is 17.2 Å². The number of aryl methyl sites for hydroxylation is 1. The van der Waals surface area contributed by atoms with Gasteiger partial charge in [-0.05, 0) is 17.9 Å². The number of hydrogen-bond acceptors (Lipinski definition) is 7. The predicted molar refractivity (Wildman–Crippen MR) is 81.9 cm³/mol. The first-order chi connectivity index (χ1) is 11.2. The number of aromatic nitrogens is 5. The molecule has 0 bridgehead atoms. The van der Waals surface area contributed by atoms with Gasteiger partial charge < -0.3 is 9.42 Å². The van der Waals surface area contributed by atoms with Crippen LogP contribution in [0.4, 0.5) is 0 Å². The molecule has 3 aromatic heterocycles. The third-order valence-electron chi connectivity index (χ3n) is 3.87. The molecule has 3 aromatic rings. The van der Waals surface area contributed by atoms with Crippen molar-refractivity contribution in [2.24, 2.45) is 7.05 Å². The molecule has 0 N–H and O–H groups in total. The topological polar surface area (TPSA) is 89.9 Å². The van der Waals surface area contributed by atoms with Gasteiger partial charge in [-0.25, -0.2) is 0 Å². The molecule has 8 nitrogen and oxygen atoms in total. The summed E-state index contributed by atoms with van der Waals surface area (Å²) in [6.07, 6.45) is 2.44. The molecule has 0 saturated carbocycles. The maximum absolute atomic E-state index is 12.4. The van der Waals surface area contributed by atoms with Crippen molar-refractivity contribution in [2.75, 3.05) is 13.1 Å². The van der Waals surface area contributed by atoms with Gasteiger partial charge in [0.1, 0.15) is 0 Å². The van der Waals surface area contributed by atoms with Crippen LogP contribution in [-0.2, 0) is 7.05 Å². The summed E-state index contributed by atoms with van der Waals surface area (Å²) >= 11 is 1.58. The van der Waals surface area contributed by atoms with Crippen LogP contribution in [-0.4, -0.2) is 49.0 Å². The quantitative estimate of drug-likeness (QED) is 0.724. The minimum absolute atomic E-state index is 0.0896. The summed E-state index contributed by atoms with van der Waals surface area (Å²) in [5, 5.41) is 15.7. The van der Waals surface area contributed by atoms with Crippen molar-refractivity contribution in [2.45, 2.75) is 12.3 Å². The molecule has 1 amide bonds. The lowest BCUT2D eigenvalue weighted by atomic mass is 10.1. The highest BCUT2D eigenvalue weighted by Crippen LogP contribution is 2.28. The number of rotatable bonds is 3. The summed E-state index contributed by atoms with van der Waals surface area (Å²) in [7, 11) is 1.74. The van der Waals surface area contributed by atoms with E-state index in [-0.39, 0.29) is 11.8 Å². The summed E-state index contributed by atoms with van der Waals surface area (Å²) in [5.41, 5.74) is 1.29. The molecule has 1 atom stereocenters. The van der Waals surface area contributed by atoms with Gasteiger partial charge >= 0.3 is 0 Å². The zero-order chi connectivity index (χ0) is 15.8. The second kappa shape index (κ2) is 5.58. The van der Waals surface area contributed by atoms with Crippen molar-refractivity contribution < 1.29 is 9.32 Å². The number of likely N-dealkylation sites (tertiary alicyclic amines) is 1. The van der Waals surface area contributed by atoms with E-state index < -0.39 is 0 Å². The molecule has 1 fully saturated rings. The van der Waals surface area contributed by atoms with Crippen molar-refractivity contribution in [1.29, 1.82) is 0 Å². The average molecular weight is 330 g/mol. The Morgan fingerprint density at radius 1 is 1.48 bits per heavy atom. The van der Waals surface area contributed by atoms with Gasteiger partial charge in [0.15, 0.2) is 11.5 Å². The highest BCUT2D eigenvalue weighted by Gasteiger charge is 2.32. The van der Waals surface area contributed by atoms with Gasteiger partial charge in [0.05, 0.1) is 11.8 Å². The molecule has 1 aliphatic rings. The lowest BCUT2D eigenvalue weighted by Crippen LogP contribution is -2.28. The Balaban J connectivity index is 1.47. The molecule has 0 radical (unpaired) electrons. The normalized spacial score (nSPS) is 17.8. The van der Waals surface area contributed by atoms with E-state index in [1.165, 1.54) is 4.68 Å². The molecule has 4 heterocycles. The fourth-order valence-electron chi connectivity index (χ4n) is 2.67. The number of nitrogens with zero attached hydrogens (tertiary/aromatic N) is 6. The minimum atomic E-state index is -0.109. The van der Waals surface area contributed by atoms with Crippen LogP contribution in [0.1, 0.15) is 28.7 Å². The van der Waals surface area contributed by atoms with Gasteiger partial charge in [0, 0.05) is 31.4 Å². The smallest absolute Gasteiger partial charge is 0.276 e. The van der Waals surface area contributed by atoms with Crippen LogP contribution in [0.3, 0.4) is 0 Å². The third-order valence-corrected chi connectivity index (χ3v) is 4.56. The van der Waals surface area contributed by atoms with Crippen LogP contribution >= 0.6 is 11.3 Å². The van der Waals surface area contributed by atoms with Gasteiger partial charge in [-0.2, -0.15) is 16.3 Å². The van der Waals surface area contributed by atoms with Gasteiger partial charge in [0.25, 0.3) is 11.8 Å². The monoisotopic (exact) mass is 330 g/mol. The number of amides is 1. The Morgan fingerprint density at radius 2 is 2.39 bits per heavy atom. The van der Waals surface area contributed by atoms with Crippen molar-refractivity contribution in [3.05, 3.63) is 34.5 Å². The molecule has 1 saturated heterocycles. The molecular weight excluding hydrogens is 316 g/mol. The van der Waals surface area contributed by atoms with E-state index >= 15 is 0 Å². The van der Waals surface area contributed by atoms with E-state index in [0.717, 1.165) is 12.0 Å². The Hall–Kier alpha value is -2.55. The maximum Gasteiger partial charge on any atom is 0.276 e. The Kier molecular flexibility index (Phi) is 3.41. The molecule has 0 aromatic carbocycles. The summed E-state index contributed by atoms with van der Waals surface area (Å²) in [5.74, 6) is 1.16. The van der Waals surface area contributed by atoms with E-state index in [2.05, 4.69) is 20.5 Å². The first kappa shape index (κ1) is 14.1. The Labute approximate surface area is 135 Å². The van der Waals surface area contributed by atoms with Crippen LogP contribution in [0.5, 0.6) is 0 Å². The SMILES string of the molecule is Cn1cc(C(=O)N2CC[C@H](c3noc(-c4ccsc4)n3)C2)nn1. The van der Waals surface area contributed by atoms with Crippen LogP contribution in [0.2, 0.25) is 0 Å². The van der Waals surface area contributed by atoms with E-state index in [4.69, 9.17) is 4.52 Å². The first-order valence-corrected chi connectivity index (χ1v) is 8.17. The zero-order valence-corrected chi connectivity index (χ0v) is 13.2. The van der Waals surface area contributed by atoms with Crippen molar-refractivity contribution in [3.8, 4) is 11.5 Å².